The molecule has 0 spiro atoms. The predicted molar refractivity (Wildman–Crippen MR) is 56.1 cm³/mol. The minimum absolute atomic E-state index is 0.0736. The van der Waals surface area contributed by atoms with Crippen molar-refractivity contribution in [3.05, 3.63) is 24.3 Å². The van der Waals surface area contributed by atoms with E-state index in [9.17, 15) is 10.2 Å². The highest BCUT2D eigenvalue weighted by Gasteiger charge is 2.09. The van der Waals surface area contributed by atoms with Crippen molar-refractivity contribution < 1.29 is 10.2 Å². The van der Waals surface area contributed by atoms with E-state index in [1.807, 2.05) is 0 Å². The largest absolute Gasteiger partial charge is 0.507 e. The van der Waals surface area contributed by atoms with Crippen molar-refractivity contribution in [1.82, 2.24) is 0 Å². The Balaban J connectivity index is 2.98. The molecule has 4 heteroatoms. The number of benzene rings is 2. The van der Waals surface area contributed by atoms with Gasteiger partial charge >= 0.3 is 0 Å². The number of aromatic hydroxyl groups is 2. The summed E-state index contributed by atoms with van der Waals surface area (Å²) >= 11 is 0. The van der Waals surface area contributed by atoms with E-state index < -0.39 is 0 Å². The maximum absolute atomic E-state index is 9.65. The van der Waals surface area contributed by atoms with Gasteiger partial charge in [-0.1, -0.05) is 12.1 Å². The Morgan fingerprint density at radius 1 is 1.00 bits per heavy atom. The van der Waals surface area contributed by atoms with E-state index in [4.69, 9.17) is 11.5 Å². The average molecular weight is 190 g/mol. The van der Waals surface area contributed by atoms with Crippen molar-refractivity contribution >= 4 is 22.1 Å². The van der Waals surface area contributed by atoms with Gasteiger partial charge in [-0.3, -0.25) is 0 Å². The summed E-state index contributed by atoms with van der Waals surface area (Å²) in [6.07, 6.45) is 0. The fraction of sp³-hybridized carbons (Fsp3) is 0. The number of nitrogen functional groups attached to an aromatic ring is 2. The standard InChI is InChI=1S/C10H10N2O2/c11-7-4-6-5(10(14)9(7)12)2-1-3-8(6)13/h1-4,13-14H,11-12H2. The summed E-state index contributed by atoms with van der Waals surface area (Å²) in [5, 5.41) is 20.1. The lowest BCUT2D eigenvalue weighted by molar-refractivity contribution is 0.477. The minimum Gasteiger partial charge on any atom is -0.507 e. The first-order valence-electron chi connectivity index (χ1n) is 4.10. The molecule has 0 atom stereocenters. The molecule has 6 N–H and O–H groups in total. The van der Waals surface area contributed by atoms with Crippen LogP contribution in [0.2, 0.25) is 0 Å². The van der Waals surface area contributed by atoms with Crippen LogP contribution in [0.5, 0.6) is 11.5 Å². The van der Waals surface area contributed by atoms with Crippen LogP contribution in [0.25, 0.3) is 10.8 Å². The third-order valence-corrected chi connectivity index (χ3v) is 2.20. The van der Waals surface area contributed by atoms with Gasteiger partial charge in [-0.2, -0.15) is 0 Å². The third-order valence-electron chi connectivity index (χ3n) is 2.20. The van der Waals surface area contributed by atoms with Crippen LogP contribution in [0.1, 0.15) is 0 Å². The molecule has 72 valence electrons. The van der Waals surface area contributed by atoms with Crippen LogP contribution in [0.15, 0.2) is 24.3 Å². The molecule has 4 nitrogen and oxygen atoms in total. The molecule has 0 bridgehead atoms. The minimum atomic E-state index is -0.0871. The maximum atomic E-state index is 9.65. The molecule has 0 fully saturated rings. The SMILES string of the molecule is Nc1cc2c(O)cccc2c(O)c1N. The third kappa shape index (κ3) is 1.01. The van der Waals surface area contributed by atoms with E-state index in [1.54, 1.807) is 18.2 Å². The van der Waals surface area contributed by atoms with Crippen LogP contribution in [0, 0.1) is 0 Å². The smallest absolute Gasteiger partial charge is 0.148 e. The van der Waals surface area contributed by atoms with Crippen molar-refractivity contribution in [2.24, 2.45) is 0 Å². The van der Waals surface area contributed by atoms with Crippen LogP contribution in [0.3, 0.4) is 0 Å². The Labute approximate surface area is 80.4 Å². The molecule has 0 aromatic heterocycles. The molecular formula is C10H10N2O2. The van der Waals surface area contributed by atoms with E-state index in [-0.39, 0.29) is 22.9 Å². The molecule has 0 heterocycles. The lowest BCUT2D eigenvalue weighted by Gasteiger charge is -2.08. The Kier molecular flexibility index (Phi) is 1.64. The zero-order chi connectivity index (χ0) is 10.3. The molecule has 0 aliphatic heterocycles. The average Bonchev–Trinajstić information content (AvgIpc) is 2.17. The number of anilines is 2. The number of hydrogen-bond acceptors (Lipinski definition) is 4. The molecule has 2 rings (SSSR count). The van der Waals surface area contributed by atoms with Crippen LogP contribution >= 0.6 is 0 Å². The molecule has 0 amide bonds. The Morgan fingerprint density at radius 2 is 1.71 bits per heavy atom. The molecule has 0 saturated carbocycles. The van der Waals surface area contributed by atoms with Crippen molar-refractivity contribution in [1.29, 1.82) is 0 Å². The highest BCUT2D eigenvalue weighted by atomic mass is 16.3. The maximum Gasteiger partial charge on any atom is 0.148 e. The molecule has 2 aromatic carbocycles. The monoisotopic (exact) mass is 190 g/mol. The van der Waals surface area contributed by atoms with Crippen LogP contribution in [0.4, 0.5) is 11.4 Å². The van der Waals surface area contributed by atoms with E-state index in [1.165, 1.54) is 6.07 Å². The normalized spacial score (nSPS) is 10.6. The topological polar surface area (TPSA) is 92.5 Å². The number of phenolic OH excluding ortho intramolecular Hbond substituents is 2. The van der Waals surface area contributed by atoms with Crippen molar-refractivity contribution in [2.75, 3.05) is 11.5 Å². The van der Waals surface area contributed by atoms with E-state index in [2.05, 4.69) is 0 Å². The molecule has 14 heavy (non-hydrogen) atoms. The summed E-state index contributed by atoms with van der Waals surface area (Å²) in [6, 6.07) is 6.37. The van der Waals surface area contributed by atoms with Crippen molar-refractivity contribution in [3.8, 4) is 11.5 Å². The van der Waals surface area contributed by atoms with Gasteiger partial charge in [0.25, 0.3) is 0 Å². The van der Waals surface area contributed by atoms with Crippen LogP contribution in [-0.4, -0.2) is 10.2 Å². The van der Waals surface area contributed by atoms with Gasteiger partial charge in [-0.25, -0.2) is 0 Å². The van der Waals surface area contributed by atoms with Crippen molar-refractivity contribution in [3.63, 3.8) is 0 Å². The lowest BCUT2D eigenvalue weighted by Crippen LogP contribution is -1.95. The zero-order valence-corrected chi connectivity index (χ0v) is 7.36. The van der Waals surface area contributed by atoms with Gasteiger partial charge in [-0.15, -0.1) is 0 Å². The number of rotatable bonds is 0. The summed E-state index contributed by atoms with van der Waals surface area (Å²) in [5.41, 5.74) is 11.5. The summed E-state index contributed by atoms with van der Waals surface area (Å²) in [6.45, 7) is 0. The first-order valence-corrected chi connectivity index (χ1v) is 4.10. The fourth-order valence-corrected chi connectivity index (χ4v) is 1.43. The number of nitrogens with two attached hydrogens (primary N) is 2. The second kappa shape index (κ2) is 2.70. The Hall–Kier alpha value is -2.10. The lowest BCUT2D eigenvalue weighted by atomic mass is 10.1. The molecule has 0 aliphatic carbocycles. The molecular weight excluding hydrogens is 180 g/mol. The second-order valence-electron chi connectivity index (χ2n) is 3.10. The second-order valence-corrected chi connectivity index (χ2v) is 3.10. The first-order chi connectivity index (χ1) is 6.61. The fourth-order valence-electron chi connectivity index (χ4n) is 1.43. The van der Waals surface area contributed by atoms with Gasteiger partial charge in [0.2, 0.25) is 0 Å². The van der Waals surface area contributed by atoms with Gasteiger partial charge in [-0.05, 0) is 12.1 Å². The Morgan fingerprint density at radius 3 is 2.43 bits per heavy atom. The van der Waals surface area contributed by atoms with Gasteiger partial charge in [0.15, 0.2) is 0 Å². The van der Waals surface area contributed by atoms with E-state index >= 15 is 0 Å². The number of phenols is 2. The van der Waals surface area contributed by atoms with Gasteiger partial charge in [0.05, 0.1) is 11.4 Å². The highest BCUT2D eigenvalue weighted by Crippen LogP contribution is 2.38. The zero-order valence-electron chi connectivity index (χ0n) is 7.36. The number of fused-ring (bicyclic) bond motifs is 1. The van der Waals surface area contributed by atoms with Gasteiger partial charge in [0, 0.05) is 10.8 Å². The number of hydrogen-bond donors (Lipinski definition) is 4. The summed E-state index contributed by atoms with van der Waals surface area (Å²) in [4.78, 5) is 0. The highest BCUT2D eigenvalue weighted by molar-refractivity contribution is 6.00. The van der Waals surface area contributed by atoms with Crippen molar-refractivity contribution in [2.45, 2.75) is 0 Å². The van der Waals surface area contributed by atoms with E-state index in [0.717, 1.165) is 0 Å². The first kappa shape index (κ1) is 8.50. The molecule has 0 unspecified atom stereocenters. The van der Waals surface area contributed by atoms with Crippen LogP contribution < -0.4 is 11.5 Å². The van der Waals surface area contributed by atoms with Gasteiger partial charge < -0.3 is 21.7 Å². The summed E-state index contributed by atoms with van der Waals surface area (Å²) in [7, 11) is 0. The molecule has 2 aromatic rings. The van der Waals surface area contributed by atoms with Gasteiger partial charge in [0.1, 0.15) is 11.5 Å². The predicted octanol–water partition coefficient (Wildman–Crippen LogP) is 1.42. The quantitative estimate of drug-likeness (QED) is 0.373. The molecule has 0 aliphatic rings. The molecule has 0 saturated heterocycles. The summed E-state index contributed by atoms with van der Waals surface area (Å²) in [5.74, 6) is -0.0135. The van der Waals surface area contributed by atoms with Crippen LogP contribution in [-0.2, 0) is 0 Å². The molecule has 0 radical (unpaired) electrons. The summed E-state index contributed by atoms with van der Waals surface area (Å²) < 4.78 is 0. The Bertz CT molecular complexity index is 509. The van der Waals surface area contributed by atoms with E-state index in [0.29, 0.717) is 10.8 Å².